The molecule has 0 aliphatic carbocycles. The van der Waals surface area contributed by atoms with Crippen LogP contribution in [0.2, 0.25) is 0 Å². The third-order valence-corrected chi connectivity index (χ3v) is 4.35. The van der Waals surface area contributed by atoms with E-state index in [0.29, 0.717) is 0 Å². The van der Waals surface area contributed by atoms with Gasteiger partial charge in [-0.15, -0.1) is 35.0 Å². The zero-order chi connectivity index (χ0) is 9.97. The second-order valence-electron chi connectivity index (χ2n) is 3.15. The van der Waals surface area contributed by atoms with Crippen LogP contribution in [0.15, 0.2) is 17.5 Å². The number of fused-ring (bicyclic) bond motifs is 1. The van der Waals surface area contributed by atoms with E-state index in [-0.39, 0.29) is 6.04 Å². The quantitative estimate of drug-likeness (QED) is 0.790. The Balaban J connectivity index is 2.18. The summed E-state index contributed by atoms with van der Waals surface area (Å²) in [6, 6.07) is 4.43. The maximum Gasteiger partial charge on any atom is 0.0454 e. The van der Waals surface area contributed by atoms with Crippen LogP contribution in [0.1, 0.15) is 23.8 Å². The van der Waals surface area contributed by atoms with Crippen molar-refractivity contribution in [3.63, 3.8) is 0 Å². The first-order valence-corrected chi connectivity index (χ1v) is 6.17. The predicted octanol–water partition coefficient (Wildman–Crippen LogP) is 3.38. The fourth-order valence-electron chi connectivity index (χ4n) is 1.35. The molecule has 0 aliphatic heterocycles. The smallest absolute Gasteiger partial charge is 0.0454 e. The molecular formula is C11H11NS2. The molecule has 1 unspecified atom stereocenters. The summed E-state index contributed by atoms with van der Waals surface area (Å²) < 4.78 is 2.67. The lowest BCUT2D eigenvalue weighted by molar-refractivity contribution is 0.680. The van der Waals surface area contributed by atoms with E-state index in [9.17, 15) is 0 Å². The molecule has 0 spiro atoms. The van der Waals surface area contributed by atoms with Crippen LogP contribution in [-0.2, 0) is 0 Å². The largest absolute Gasteiger partial charge is 0.323 e. The van der Waals surface area contributed by atoms with Gasteiger partial charge in [0.05, 0.1) is 0 Å². The molecule has 1 nitrogen and oxygen atoms in total. The Kier molecular flexibility index (Phi) is 2.87. The molecule has 14 heavy (non-hydrogen) atoms. The van der Waals surface area contributed by atoms with Crippen molar-refractivity contribution in [1.29, 1.82) is 0 Å². The van der Waals surface area contributed by atoms with Crippen LogP contribution in [0.3, 0.4) is 0 Å². The van der Waals surface area contributed by atoms with Gasteiger partial charge < -0.3 is 5.73 Å². The van der Waals surface area contributed by atoms with E-state index < -0.39 is 0 Å². The van der Waals surface area contributed by atoms with Gasteiger partial charge in [-0.05, 0) is 23.9 Å². The van der Waals surface area contributed by atoms with E-state index in [1.165, 1.54) is 14.3 Å². The van der Waals surface area contributed by atoms with Crippen molar-refractivity contribution in [2.45, 2.75) is 18.9 Å². The van der Waals surface area contributed by atoms with Crippen molar-refractivity contribution < 1.29 is 0 Å². The summed E-state index contributed by atoms with van der Waals surface area (Å²) in [6.45, 7) is 0. The normalized spacial score (nSPS) is 12.9. The van der Waals surface area contributed by atoms with Gasteiger partial charge in [-0.2, -0.15) is 0 Å². The van der Waals surface area contributed by atoms with Crippen LogP contribution < -0.4 is 5.73 Å². The SMILES string of the molecule is C#CCCC(N)c1cc2sccc2s1. The molecule has 0 saturated heterocycles. The van der Waals surface area contributed by atoms with Crippen molar-refractivity contribution in [1.82, 2.24) is 0 Å². The topological polar surface area (TPSA) is 26.0 Å². The van der Waals surface area contributed by atoms with Crippen LogP contribution in [0, 0.1) is 12.3 Å². The van der Waals surface area contributed by atoms with Crippen molar-refractivity contribution in [2.75, 3.05) is 0 Å². The van der Waals surface area contributed by atoms with Gasteiger partial charge in [-0.25, -0.2) is 0 Å². The lowest BCUT2D eigenvalue weighted by Crippen LogP contribution is -2.07. The van der Waals surface area contributed by atoms with Crippen LogP contribution in [0.25, 0.3) is 9.40 Å². The molecule has 0 aliphatic rings. The van der Waals surface area contributed by atoms with Gasteiger partial charge in [0.1, 0.15) is 0 Å². The van der Waals surface area contributed by atoms with E-state index in [1.807, 2.05) is 0 Å². The maximum absolute atomic E-state index is 6.02. The van der Waals surface area contributed by atoms with E-state index in [1.54, 1.807) is 22.7 Å². The van der Waals surface area contributed by atoms with Crippen LogP contribution in [0.5, 0.6) is 0 Å². The van der Waals surface area contributed by atoms with Gasteiger partial charge in [0.15, 0.2) is 0 Å². The Morgan fingerprint density at radius 1 is 1.50 bits per heavy atom. The molecule has 0 amide bonds. The van der Waals surface area contributed by atoms with Gasteiger partial charge in [0, 0.05) is 26.7 Å². The molecule has 0 radical (unpaired) electrons. The summed E-state index contributed by atoms with van der Waals surface area (Å²) in [6.07, 6.45) is 6.85. The summed E-state index contributed by atoms with van der Waals surface area (Å²) >= 11 is 3.54. The molecule has 2 aromatic heterocycles. The van der Waals surface area contributed by atoms with Crippen LogP contribution in [0.4, 0.5) is 0 Å². The van der Waals surface area contributed by atoms with Crippen LogP contribution in [-0.4, -0.2) is 0 Å². The molecule has 72 valence electrons. The highest BCUT2D eigenvalue weighted by molar-refractivity contribution is 7.26. The zero-order valence-corrected chi connectivity index (χ0v) is 9.33. The second kappa shape index (κ2) is 4.14. The molecule has 2 rings (SSSR count). The molecular weight excluding hydrogens is 210 g/mol. The molecule has 0 aromatic carbocycles. The molecule has 0 bridgehead atoms. The summed E-state index contributed by atoms with van der Waals surface area (Å²) in [7, 11) is 0. The lowest BCUT2D eigenvalue weighted by atomic mass is 10.1. The molecule has 1 atom stereocenters. The first kappa shape index (κ1) is 9.72. The van der Waals surface area contributed by atoms with Gasteiger partial charge >= 0.3 is 0 Å². The van der Waals surface area contributed by atoms with E-state index in [0.717, 1.165) is 12.8 Å². The Morgan fingerprint density at radius 3 is 3.07 bits per heavy atom. The third-order valence-electron chi connectivity index (χ3n) is 2.12. The summed E-state index contributed by atoms with van der Waals surface area (Å²) in [5.41, 5.74) is 6.02. The van der Waals surface area contributed by atoms with E-state index in [4.69, 9.17) is 12.2 Å². The van der Waals surface area contributed by atoms with Gasteiger partial charge in [-0.1, -0.05) is 0 Å². The minimum absolute atomic E-state index is 0.107. The molecule has 0 fully saturated rings. The van der Waals surface area contributed by atoms with Gasteiger partial charge in [0.2, 0.25) is 0 Å². The number of nitrogens with two attached hydrogens (primary N) is 1. The Labute approximate surface area is 91.6 Å². The van der Waals surface area contributed by atoms with Crippen LogP contribution >= 0.6 is 22.7 Å². The molecule has 2 N–H and O–H groups in total. The van der Waals surface area contributed by atoms with E-state index >= 15 is 0 Å². The van der Waals surface area contributed by atoms with E-state index in [2.05, 4.69) is 23.4 Å². The average molecular weight is 221 g/mol. The fourth-order valence-corrected chi connectivity index (χ4v) is 3.50. The molecule has 3 heteroatoms. The predicted molar refractivity (Wildman–Crippen MR) is 64.7 cm³/mol. The number of hydrogen-bond acceptors (Lipinski definition) is 3. The Hall–Kier alpha value is -0.820. The number of terminal acetylenes is 1. The molecule has 0 saturated carbocycles. The van der Waals surface area contributed by atoms with Gasteiger partial charge in [-0.3, -0.25) is 0 Å². The summed E-state index contributed by atoms with van der Waals surface area (Å²) in [5, 5.41) is 2.11. The highest BCUT2D eigenvalue weighted by Crippen LogP contribution is 2.33. The average Bonchev–Trinajstić information content (AvgIpc) is 2.72. The first-order chi connectivity index (χ1) is 6.81. The molecule has 2 heterocycles. The Bertz CT molecular complexity index is 432. The fraction of sp³-hybridized carbons (Fsp3) is 0.273. The lowest BCUT2D eigenvalue weighted by Gasteiger charge is -2.05. The summed E-state index contributed by atoms with van der Waals surface area (Å²) in [5.74, 6) is 2.62. The van der Waals surface area contributed by atoms with Gasteiger partial charge in [0.25, 0.3) is 0 Å². The Morgan fingerprint density at radius 2 is 2.36 bits per heavy atom. The minimum atomic E-state index is 0.107. The van der Waals surface area contributed by atoms with Crippen molar-refractivity contribution in [3.8, 4) is 12.3 Å². The highest BCUT2D eigenvalue weighted by atomic mass is 32.1. The number of rotatable bonds is 3. The third kappa shape index (κ3) is 1.83. The maximum atomic E-state index is 6.02. The standard InChI is InChI=1S/C11H11NS2/c1-2-3-4-8(12)10-7-11-9(14-10)5-6-13-11/h1,5-8H,3-4,12H2. The van der Waals surface area contributed by atoms with Crippen molar-refractivity contribution in [2.24, 2.45) is 5.73 Å². The zero-order valence-electron chi connectivity index (χ0n) is 7.69. The van der Waals surface area contributed by atoms with Crippen molar-refractivity contribution in [3.05, 3.63) is 22.4 Å². The number of thiophene rings is 2. The monoisotopic (exact) mass is 221 g/mol. The number of hydrogen-bond donors (Lipinski definition) is 1. The summed E-state index contributed by atoms with van der Waals surface area (Å²) in [4.78, 5) is 1.25. The minimum Gasteiger partial charge on any atom is -0.323 e. The highest BCUT2D eigenvalue weighted by Gasteiger charge is 2.09. The molecule has 2 aromatic rings. The van der Waals surface area contributed by atoms with Crippen molar-refractivity contribution >= 4 is 32.1 Å². The second-order valence-corrected chi connectivity index (χ2v) is 5.21. The first-order valence-electron chi connectivity index (χ1n) is 4.47.